The number of aromatic nitrogens is 2. The number of hydrogen-bond donors (Lipinski definition) is 2. The lowest BCUT2D eigenvalue weighted by Gasteiger charge is -2.11. The van der Waals surface area contributed by atoms with Crippen molar-refractivity contribution in [1.82, 2.24) is 20.6 Å². The van der Waals surface area contributed by atoms with Crippen LogP contribution in [0.25, 0.3) is 0 Å². The van der Waals surface area contributed by atoms with Gasteiger partial charge in [0, 0.05) is 30.7 Å². The molecule has 2 aromatic rings. The first-order valence-corrected chi connectivity index (χ1v) is 9.41. The Kier molecular flexibility index (Phi) is 5.86. The maximum absolute atomic E-state index is 5.66. The number of aliphatic imine (C=N–C) groups is 1. The van der Waals surface area contributed by atoms with Crippen molar-refractivity contribution in [3.63, 3.8) is 0 Å². The molecule has 2 N–H and O–H groups in total. The summed E-state index contributed by atoms with van der Waals surface area (Å²) >= 11 is 1.71. The molecule has 0 aliphatic heterocycles. The number of hydrogen-bond acceptors (Lipinski definition) is 5. The van der Waals surface area contributed by atoms with Gasteiger partial charge >= 0.3 is 0 Å². The van der Waals surface area contributed by atoms with Crippen molar-refractivity contribution in [2.75, 3.05) is 13.7 Å². The molecule has 0 radical (unpaired) electrons. The summed E-state index contributed by atoms with van der Waals surface area (Å²) in [6.45, 7) is 6.25. The van der Waals surface area contributed by atoms with E-state index in [2.05, 4.69) is 32.5 Å². The van der Waals surface area contributed by atoms with Crippen LogP contribution < -0.4 is 15.4 Å². The number of nitrogens with zero attached hydrogens (tertiary/aromatic N) is 3. The molecule has 7 heteroatoms. The molecule has 6 nitrogen and oxygen atoms in total. The summed E-state index contributed by atoms with van der Waals surface area (Å²) in [6.07, 6.45) is 4.42. The molecule has 0 spiro atoms. The molecular formula is C18H25N5OS. The Morgan fingerprint density at radius 1 is 1.28 bits per heavy atom. The van der Waals surface area contributed by atoms with E-state index in [9.17, 15) is 0 Å². The fourth-order valence-corrected chi connectivity index (χ4v) is 3.14. The van der Waals surface area contributed by atoms with E-state index >= 15 is 0 Å². The summed E-state index contributed by atoms with van der Waals surface area (Å²) in [6, 6.07) is 3.96. The first kappa shape index (κ1) is 17.7. The average molecular weight is 359 g/mol. The van der Waals surface area contributed by atoms with Gasteiger partial charge in [-0.25, -0.2) is 9.97 Å². The Labute approximate surface area is 152 Å². The molecule has 0 saturated heterocycles. The van der Waals surface area contributed by atoms with Gasteiger partial charge in [0.25, 0.3) is 0 Å². The van der Waals surface area contributed by atoms with E-state index in [0.29, 0.717) is 19.0 Å². The highest BCUT2D eigenvalue weighted by Gasteiger charge is 2.22. The van der Waals surface area contributed by atoms with E-state index in [1.54, 1.807) is 18.4 Å². The molecule has 2 heterocycles. The molecule has 0 bridgehead atoms. The zero-order chi connectivity index (χ0) is 17.6. The fraction of sp³-hybridized carbons (Fsp3) is 0.500. The predicted molar refractivity (Wildman–Crippen MR) is 101 cm³/mol. The molecule has 134 valence electrons. The number of nitrogens with one attached hydrogen (secondary N) is 2. The van der Waals surface area contributed by atoms with E-state index in [1.165, 1.54) is 17.7 Å². The largest absolute Gasteiger partial charge is 0.477 e. The summed E-state index contributed by atoms with van der Waals surface area (Å²) in [5.74, 6) is 2.19. The van der Waals surface area contributed by atoms with Crippen LogP contribution in [-0.2, 0) is 13.1 Å². The zero-order valence-corrected chi connectivity index (χ0v) is 15.8. The van der Waals surface area contributed by atoms with Crippen LogP contribution >= 0.6 is 11.3 Å². The number of ether oxygens (including phenoxy) is 1. The molecule has 1 saturated carbocycles. The molecule has 1 aliphatic rings. The van der Waals surface area contributed by atoms with Gasteiger partial charge in [0.1, 0.15) is 5.01 Å². The van der Waals surface area contributed by atoms with E-state index in [0.717, 1.165) is 34.7 Å². The third-order valence-corrected chi connectivity index (χ3v) is 5.20. The summed E-state index contributed by atoms with van der Waals surface area (Å²) in [4.78, 5) is 14.4. The highest BCUT2D eigenvalue weighted by atomic mass is 32.1. The van der Waals surface area contributed by atoms with E-state index in [1.807, 2.05) is 25.3 Å². The van der Waals surface area contributed by atoms with Gasteiger partial charge in [0.15, 0.2) is 5.96 Å². The third-order valence-electron chi connectivity index (χ3n) is 4.12. The molecule has 0 unspecified atom stereocenters. The highest BCUT2D eigenvalue weighted by molar-refractivity contribution is 7.11. The normalized spacial score (nSPS) is 14.4. The van der Waals surface area contributed by atoms with Gasteiger partial charge in [0.2, 0.25) is 5.88 Å². The number of rotatable bonds is 7. The topological polar surface area (TPSA) is 71.4 Å². The van der Waals surface area contributed by atoms with Crippen molar-refractivity contribution in [2.24, 2.45) is 10.9 Å². The average Bonchev–Trinajstić information content (AvgIpc) is 3.39. The fourth-order valence-electron chi connectivity index (χ4n) is 2.27. The Bertz CT molecular complexity index is 702. The second-order valence-corrected chi connectivity index (χ2v) is 7.58. The van der Waals surface area contributed by atoms with E-state index in [-0.39, 0.29) is 0 Å². The molecule has 0 aromatic carbocycles. The number of aryl methyl sites for hydroxylation is 2. The zero-order valence-electron chi connectivity index (χ0n) is 15.0. The van der Waals surface area contributed by atoms with Crippen LogP contribution in [0.4, 0.5) is 0 Å². The first-order valence-electron chi connectivity index (χ1n) is 8.59. The molecule has 3 rings (SSSR count). The second kappa shape index (κ2) is 8.29. The lowest BCUT2D eigenvalue weighted by atomic mass is 10.3. The third kappa shape index (κ3) is 5.42. The van der Waals surface area contributed by atoms with Crippen LogP contribution in [-0.4, -0.2) is 29.6 Å². The van der Waals surface area contributed by atoms with Crippen LogP contribution in [0.15, 0.2) is 23.3 Å². The molecule has 25 heavy (non-hydrogen) atoms. The van der Waals surface area contributed by atoms with Crippen molar-refractivity contribution < 1.29 is 4.74 Å². The van der Waals surface area contributed by atoms with Crippen LogP contribution in [0.2, 0.25) is 0 Å². The maximum Gasteiger partial charge on any atom is 0.213 e. The minimum Gasteiger partial charge on any atom is -0.477 e. The van der Waals surface area contributed by atoms with Crippen molar-refractivity contribution in [2.45, 2.75) is 39.8 Å². The summed E-state index contributed by atoms with van der Waals surface area (Å²) in [7, 11) is 1.76. The van der Waals surface area contributed by atoms with Gasteiger partial charge in [-0.05, 0) is 38.2 Å². The van der Waals surface area contributed by atoms with Crippen molar-refractivity contribution in [1.29, 1.82) is 0 Å². The lowest BCUT2D eigenvalue weighted by Crippen LogP contribution is -2.36. The summed E-state index contributed by atoms with van der Waals surface area (Å²) in [5, 5.41) is 7.65. The SMILES string of the molecule is CN=C(NCc1ccc(OCC2CC2)nc1)NCc1nc(C)c(C)s1. The van der Waals surface area contributed by atoms with Crippen LogP contribution in [0, 0.1) is 19.8 Å². The lowest BCUT2D eigenvalue weighted by molar-refractivity contribution is 0.288. The Morgan fingerprint density at radius 2 is 2.08 bits per heavy atom. The van der Waals surface area contributed by atoms with Gasteiger partial charge in [-0.1, -0.05) is 6.07 Å². The van der Waals surface area contributed by atoms with Gasteiger partial charge in [-0.15, -0.1) is 11.3 Å². The molecule has 1 aliphatic carbocycles. The van der Waals surface area contributed by atoms with Gasteiger partial charge in [-0.2, -0.15) is 0 Å². The minimum atomic E-state index is 0.658. The molecule has 1 fully saturated rings. The van der Waals surface area contributed by atoms with Crippen molar-refractivity contribution in [3.05, 3.63) is 39.5 Å². The molecule has 0 atom stereocenters. The van der Waals surface area contributed by atoms with Crippen molar-refractivity contribution in [3.8, 4) is 5.88 Å². The van der Waals surface area contributed by atoms with E-state index in [4.69, 9.17) is 4.74 Å². The number of pyridine rings is 1. The summed E-state index contributed by atoms with van der Waals surface area (Å²) in [5.41, 5.74) is 2.18. The monoisotopic (exact) mass is 359 g/mol. The van der Waals surface area contributed by atoms with Crippen LogP contribution in [0.1, 0.15) is 34.0 Å². The smallest absolute Gasteiger partial charge is 0.213 e. The summed E-state index contributed by atoms with van der Waals surface area (Å²) < 4.78 is 5.66. The second-order valence-electron chi connectivity index (χ2n) is 6.29. The van der Waals surface area contributed by atoms with Gasteiger partial charge in [0.05, 0.1) is 18.8 Å². The molecule has 0 amide bonds. The number of guanidine groups is 1. The van der Waals surface area contributed by atoms with Gasteiger partial charge in [-0.3, -0.25) is 4.99 Å². The van der Waals surface area contributed by atoms with Crippen LogP contribution in [0.3, 0.4) is 0 Å². The molecular weight excluding hydrogens is 334 g/mol. The Morgan fingerprint density at radius 3 is 2.68 bits per heavy atom. The van der Waals surface area contributed by atoms with Crippen molar-refractivity contribution >= 4 is 17.3 Å². The highest BCUT2D eigenvalue weighted by Crippen LogP contribution is 2.29. The Balaban J connectivity index is 1.43. The molecule has 2 aromatic heterocycles. The Hall–Kier alpha value is -2.15. The predicted octanol–water partition coefficient (Wildman–Crippen LogP) is 2.81. The van der Waals surface area contributed by atoms with Crippen LogP contribution in [0.5, 0.6) is 5.88 Å². The quantitative estimate of drug-likeness (QED) is 0.587. The minimum absolute atomic E-state index is 0.658. The maximum atomic E-state index is 5.66. The first-order chi connectivity index (χ1) is 12.1. The standard InChI is InChI=1S/C18H25N5OS/c1-12-13(2)25-17(23-12)10-22-18(19-3)21-9-15-6-7-16(20-8-15)24-11-14-4-5-14/h6-8,14H,4-5,9-11H2,1-3H3,(H2,19,21,22). The van der Waals surface area contributed by atoms with Gasteiger partial charge < -0.3 is 15.4 Å². The van der Waals surface area contributed by atoms with E-state index < -0.39 is 0 Å². The number of thiazole rings is 1.